The molecular weight excluding hydrogens is 603 g/mol. The number of halogens is 6. The summed E-state index contributed by atoms with van der Waals surface area (Å²) in [6.07, 6.45) is -3.68. The van der Waals surface area contributed by atoms with Crippen molar-refractivity contribution in [2.45, 2.75) is 57.8 Å². The summed E-state index contributed by atoms with van der Waals surface area (Å²) in [5.41, 5.74) is 5.39. The molecule has 0 saturated heterocycles. The first kappa shape index (κ1) is 31.1. The van der Waals surface area contributed by atoms with Crippen LogP contribution in [0.5, 0.6) is 0 Å². The van der Waals surface area contributed by atoms with E-state index in [1.807, 2.05) is 6.07 Å². The number of pyridine rings is 1. The first-order valence-electron chi connectivity index (χ1n) is 13.6. The topological polar surface area (TPSA) is 112 Å². The summed E-state index contributed by atoms with van der Waals surface area (Å²) in [6, 6.07) is 11.8. The van der Waals surface area contributed by atoms with Crippen LogP contribution in [-0.4, -0.2) is 34.7 Å². The molecule has 0 unspecified atom stereocenters. The maximum atomic E-state index is 13.9. The average molecular weight is 631 g/mol. The van der Waals surface area contributed by atoms with E-state index in [1.165, 1.54) is 11.2 Å². The number of alkyl halides is 5. The average Bonchev–Trinajstić information content (AvgIpc) is 3.64. The molecule has 2 aromatic carbocycles. The fourth-order valence-corrected chi connectivity index (χ4v) is 5.28. The van der Waals surface area contributed by atoms with Crippen molar-refractivity contribution < 1.29 is 22.0 Å². The first-order valence-corrected chi connectivity index (χ1v) is 14.0. The number of fused-ring (bicyclic) bond motifs is 1. The molecule has 8 nitrogen and oxygen atoms in total. The lowest BCUT2D eigenvalue weighted by molar-refractivity contribution is -0.206. The summed E-state index contributed by atoms with van der Waals surface area (Å²) in [5.74, 6) is 0. The summed E-state index contributed by atoms with van der Waals surface area (Å²) < 4.78 is 68.6. The second-order valence-corrected chi connectivity index (χ2v) is 12.0. The second kappa shape index (κ2) is 11.3. The van der Waals surface area contributed by atoms with Gasteiger partial charge in [-0.05, 0) is 62.9 Å². The van der Waals surface area contributed by atoms with Crippen molar-refractivity contribution in [3.63, 3.8) is 0 Å². The molecule has 0 amide bonds. The molecule has 1 aliphatic heterocycles. The fraction of sp³-hybridized carbons (Fsp3) is 0.367. The van der Waals surface area contributed by atoms with E-state index >= 15 is 0 Å². The number of hydrogen-bond donors (Lipinski definition) is 4. The molecule has 2 heterocycles. The molecule has 0 bridgehead atoms. The maximum absolute atomic E-state index is 13.9. The van der Waals surface area contributed by atoms with Gasteiger partial charge in [-0.15, -0.1) is 5.53 Å². The van der Waals surface area contributed by atoms with E-state index in [4.69, 9.17) is 11.6 Å². The zero-order chi connectivity index (χ0) is 32.0. The lowest BCUT2D eigenvalue weighted by Gasteiger charge is -2.29. The largest absolute Gasteiger partial charge is 0.395 e. The number of aromatic nitrogens is 1. The van der Waals surface area contributed by atoms with Crippen molar-refractivity contribution in [3.05, 3.63) is 75.7 Å². The van der Waals surface area contributed by atoms with Crippen LogP contribution in [0.1, 0.15) is 55.0 Å². The van der Waals surface area contributed by atoms with Crippen molar-refractivity contribution in [2.75, 3.05) is 17.2 Å². The molecule has 1 aliphatic carbocycles. The first-order chi connectivity index (χ1) is 20.7. The molecule has 1 atom stereocenters. The molecule has 5 rings (SSSR count). The molecule has 14 heteroatoms. The second-order valence-electron chi connectivity index (χ2n) is 11.6. The molecule has 0 spiro atoms. The number of hydrazine groups is 2. The standard InChI is InChI=1S/C30H28ClF5N8/c1-16-17(11-37)5-4-6-20(16)26(23-14-44(43-42-23)29(7-8-29)27(32)33)41-19-9-21-24(40-15-28(2,3)30(34,35)36)18(12-38)13-39-25(21)22(31)10-19/h4-6,9-10,13-14,26-27,41-43H,7-8,15H2,1-3H3,(H,39,40)/t26-/m0/s1. The van der Waals surface area contributed by atoms with Gasteiger partial charge in [0.15, 0.2) is 0 Å². The number of benzene rings is 2. The Hall–Kier alpha value is -4.33. The molecule has 2 aliphatic rings. The van der Waals surface area contributed by atoms with Gasteiger partial charge < -0.3 is 16.1 Å². The summed E-state index contributed by atoms with van der Waals surface area (Å²) in [4.78, 5) is 4.27. The Kier molecular flexibility index (Phi) is 7.99. The quantitative estimate of drug-likeness (QED) is 0.186. The van der Waals surface area contributed by atoms with Gasteiger partial charge in [-0.3, -0.25) is 9.99 Å². The van der Waals surface area contributed by atoms with Gasteiger partial charge in [0.2, 0.25) is 0 Å². The highest BCUT2D eigenvalue weighted by molar-refractivity contribution is 6.35. The van der Waals surface area contributed by atoms with E-state index in [9.17, 15) is 32.5 Å². The van der Waals surface area contributed by atoms with Crippen LogP contribution in [0, 0.1) is 35.0 Å². The number of rotatable bonds is 9. The van der Waals surface area contributed by atoms with Crippen LogP contribution in [-0.2, 0) is 0 Å². The third-order valence-electron chi connectivity index (χ3n) is 8.19. The lowest BCUT2D eigenvalue weighted by atomic mass is 9.92. The number of nitrogens with one attached hydrogen (secondary N) is 4. The molecular formula is C30H28ClF5N8. The van der Waals surface area contributed by atoms with Gasteiger partial charge in [0.05, 0.1) is 50.6 Å². The maximum Gasteiger partial charge on any atom is 0.395 e. The highest BCUT2D eigenvalue weighted by atomic mass is 35.5. The van der Waals surface area contributed by atoms with Crippen LogP contribution in [0.4, 0.5) is 33.3 Å². The number of nitrogens with zero attached hydrogens (tertiary/aromatic N) is 4. The Morgan fingerprint density at radius 2 is 1.84 bits per heavy atom. The Bertz CT molecular complexity index is 1720. The Balaban J connectivity index is 1.59. The van der Waals surface area contributed by atoms with E-state index in [2.05, 4.69) is 32.6 Å². The predicted octanol–water partition coefficient (Wildman–Crippen LogP) is 7.06. The molecule has 0 radical (unpaired) electrons. The van der Waals surface area contributed by atoms with Crippen LogP contribution < -0.4 is 21.6 Å². The summed E-state index contributed by atoms with van der Waals surface area (Å²) in [5, 5.41) is 27.4. The molecule has 3 aromatic rings. The summed E-state index contributed by atoms with van der Waals surface area (Å²) in [7, 11) is 0. The minimum Gasteiger partial charge on any atom is -0.382 e. The van der Waals surface area contributed by atoms with Crippen molar-refractivity contribution >= 4 is 33.9 Å². The normalized spacial score (nSPS) is 16.6. The highest BCUT2D eigenvalue weighted by Gasteiger charge is 2.56. The molecule has 44 heavy (non-hydrogen) atoms. The van der Waals surface area contributed by atoms with Crippen LogP contribution in [0.2, 0.25) is 5.02 Å². The van der Waals surface area contributed by atoms with E-state index in [0.717, 1.165) is 13.8 Å². The van der Waals surface area contributed by atoms with Gasteiger partial charge >= 0.3 is 6.18 Å². The van der Waals surface area contributed by atoms with Crippen molar-refractivity contribution in [1.29, 1.82) is 10.5 Å². The molecule has 230 valence electrons. The number of nitriles is 2. The van der Waals surface area contributed by atoms with Crippen molar-refractivity contribution in [1.82, 2.24) is 21.0 Å². The SMILES string of the molecule is Cc1c(C#N)cccc1[C@H](Nc1cc(Cl)c2ncc(C#N)c(NCC(C)(C)C(F)(F)F)c2c1)C1=CN(C2(C(F)F)CC2)NN1. The zero-order valence-electron chi connectivity index (χ0n) is 23.9. The van der Waals surface area contributed by atoms with Gasteiger partial charge in [-0.2, -0.15) is 23.7 Å². The predicted molar refractivity (Wildman–Crippen MR) is 156 cm³/mol. The Labute approximate surface area is 255 Å². The molecule has 1 saturated carbocycles. The van der Waals surface area contributed by atoms with E-state index in [1.54, 1.807) is 43.5 Å². The fourth-order valence-electron chi connectivity index (χ4n) is 5.01. The van der Waals surface area contributed by atoms with Gasteiger partial charge in [-0.1, -0.05) is 23.7 Å². The van der Waals surface area contributed by atoms with Gasteiger partial charge in [-0.25, -0.2) is 8.78 Å². The zero-order valence-corrected chi connectivity index (χ0v) is 24.6. The van der Waals surface area contributed by atoms with Gasteiger partial charge in [0.1, 0.15) is 11.6 Å². The van der Waals surface area contributed by atoms with Gasteiger partial charge in [0, 0.05) is 30.0 Å². The summed E-state index contributed by atoms with van der Waals surface area (Å²) in [6.45, 7) is 3.35. The monoisotopic (exact) mass is 630 g/mol. The Morgan fingerprint density at radius 1 is 1.14 bits per heavy atom. The molecule has 4 N–H and O–H groups in total. The van der Waals surface area contributed by atoms with E-state index in [-0.39, 0.29) is 21.8 Å². The van der Waals surface area contributed by atoms with Crippen LogP contribution >= 0.6 is 11.6 Å². The van der Waals surface area contributed by atoms with E-state index < -0.39 is 36.1 Å². The lowest BCUT2D eigenvalue weighted by Crippen LogP contribution is -2.48. The van der Waals surface area contributed by atoms with Crippen LogP contribution in [0.3, 0.4) is 0 Å². The number of anilines is 2. The number of hydrogen-bond acceptors (Lipinski definition) is 8. The highest BCUT2D eigenvalue weighted by Crippen LogP contribution is 2.47. The van der Waals surface area contributed by atoms with Gasteiger partial charge in [0.25, 0.3) is 6.43 Å². The Morgan fingerprint density at radius 3 is 2.45 bits per heavy atom. The molecule has 1 aromatic heterocycles. The minimum absolute atomic E-state index is 0.0274. The van der Waals surface area contributed by atoms with E-state index in [0.29, 0.717) is 46.3 Å². The molecule has 1 fully saturated rings. The van der Waals surface area contributed by atoms with Crippen molar-refractivity contribution in [3.8, 4) is 12.1 Å². The minimum atomic E-state index is -4.50. The smallest absolute Gasteiger partial charge is 0.382 e. The third-order valence-corrected chi connectivity index (χ3v) is 8.47. The van der Waals surface area contributed by atoms with Crippen molar-refractivity contribution in [2.24, 2.45) is 5.41 Å². The van der Waals surface area contributed by atoms with Crippen LogP contribution in [0.25, 0.3) is 10.9 Å². The third kappa shape index (κ3) is 5.53. The van der Waals surface area contributed by atoms with Crippen LogP contribution in [0.15, 0.2) is 48.4 Å². The summed E-state index contributed by atoms with van der Waals surface area (Å²) >= 11 is 6.62.